The molecule has 0 saturated heterocycles. The number of benzene rings is 1. The Morgan fingerprint density at radius 1 is 1.48 bits per heavy atom. The summed E-state index contributed by atoms with van der Waals surface area (Å²) < 4.78 is 33.0. The SMILES string of the molecule is COc1c(Br)cc(Cl)cc1S(=O)(=O)NCCN(C)C1CC1. The van der Waals surface area contributed by atoms with E-state index in [4.69, 9.17) is 16.3 Å². The van der Waals surface area contributed by atoms with Crippen molar-refractivity contribution in [3.05, 3.63) is 21.6 Å². The first-order chi connectivity index (χ1) is 9.85. The fourth-order valence-corrected chi connectivity index (χ4v) is 4.47. The van der Waals surface area contributed by atoms with E-state index in [9.17, 15) is 8.42 Å². The number of halogens is 2. The Kier molecular flexibility index (Phi) is 5.54. The first-order valence-corrected chi connectivity index (χ1v) is 9.23. The summed E-state index contributed by atoms with van der Waals surface area (Å²) in [6.07, 6.45) is 2.39. The molecule has 1 aliphatic carbocycles. The van der Waals surface area contributed by atoms with Crippen molar-refractivity contribution in [3.63, 3.8) is 0 Å². The first-order valence-electron chi connectivity index (χ1n) is 6.58. The van der Waals surface area contributed by atoms with Crippen molar-refractivity contribution in [2.75, 3.05) is 27.2 Å². The minimum absolute atomic E-state index is 0.0402. The summed E-state index contributed by atoms with van der Waals surface area (Å²) in [4.78, 5) is 2.20. The highest BCUT2D eigenvalue weighted by atomic mass is 79.9. The highest BCUT2D eigenvalue weighted by molar-refractivity contribution is 9.10. The number of sulfonamides is 1. The van der Waals surface area contributed by atoms with Gasteiger partial charge in [-0.2, -0.15) is 0 Å². The minimum Gasteiger partial charge on any atom is -0.494 e. The first kappa shape index (κ1) is 17.0. The molecule has 0 amide bonds. The van der Waals surface area contributed by atoms with Gasteiger partial charge >= 0.3 is 0 Å². The lowest BCUT2D eigenvalue weighted by Gasteiger charge is -2.17. The smallest absolute Gasteiger partial charge is 0.244 e. The number of hydrogen-bond donors (Lipinski definition) is 1. The van der Waals surface area contributed by atoms with Crippen LogP contribution < -0.4 is 9.46 Å². The number of nitrogens with zero attached hydrogens (tertiary/aromatic N) is 1. The van der Waals surface area contributed by atoms with Gasteiger partial charge in [-0.1, -0.05) is 11.6 Å². The molecule has 1 saturated carbocycles. The Labute approximate surface area is 138 Å². The van der Waals surface area contributed by atoms with Crippen LogP contribution in [0.3, 0.4) is 0 Å². The van der Waals surface area contributed by atoms with Crippen LogP contribution in [-0.2, 0) is 10.0 Å². The third kappa shape index (κ3) is 4.32. The molecule has 2 rings (SSSR count). The molecule has 118 valence electrons. The van der Waals surface area contributed by atoms with E-state index in [0.29, 0.717) is 28.6 Å². The van der Waals surface area contributed by atoms with Crippen LogP contribution in [0.25, 0.3) is 0 Å². The lowest BCUT2D eigenvalue weighted by molar-refractivity contribution is 0.329. The quantitative estimate of drug-likeness (QED) is 0.768. The van der Waals surface area contributed by atoms with Crippen molar-refractivity contribution in [1.82, 2.24) is 9.62 Å². The highest BCUT2D eigenvalue weighted by Gasteiger charge is 2.26. The molecule has 1 aromatic carbocycles. The van der Waals surface area contributed by atoms with Crippen LogP contribution >= 0.6 is 27.5 Å². The molecule has 1 aliphatic rings. The number of methoxy groups -OCH3 is 1. The molecule has 0 atom stereocenters. The van der Waals surface area contributed by atoms with Crippen molar-refractivity contribution in [1.29, 1.82) is 0 Å². The van der Waals surface area contributed by atoms with Crippen molar-refractivity contribution in [2.24, 2.45) is 0 Å². The van der Waals surface area contributed by atoms with Crippen molar-refractivity contribution in [3.8, 4) is 5.75 Å². The van der Waals surface area contributed by atoms with Gasteiger partial charge in [-0.3, -0.25) is 0 Å². The predicted octanol–water partition coefficient (Wildman–Crippen LogP) is 2.48. The molecule has 1 aromatic rings. The second kappa shape index (κ2) is 6.83. The number of nitrogens with one attached hydrogen (secondary N) is 1. The van der Waals surface area contributed by atoms with Crippen LogP contribution in [0.5, 0.6) is 5.75 Å². The van der Waals surface area contributed by atoms with Crippen molar-refractivity contribution >= 4 is 37.6 Å². The number of likely N-dealkylation sites (N-methyl/N-ethyl adjacent to an activating group) is 1. The molecule has 0 unspecified atom stereocenters. The van der Waals surface area contributed by atoms with E-state index in [2.05, 4.69) is 25.6 Å². The van der Waals surface area contributed by atoms with Gasteiger partial charge in [0.15, 0.2) is 5.75 Å². The lowest BCUT2D eigenvalue weighted by Crippen LogP contribution is -2.34. The van der Waals surface area contributed by atoms with Crippen LogP contribution in [0.2, 0.25) is 5.02 Å². The molecule has 0 heterocycles. The number of hydrogen-bond acceptors (Lipinski definition) is 4. The highest BCUT2D eigenvalue weighted by Crippen LogP contribution is 2.35. The Morgan fingerprint density at radius 2 is 2.14 bits per heavy atom. The van der Waals surface area contributed by atoms with Crippen molar-refractivity contribution < 1.29 is 13.2 Å². The zero-order valence-electron chi connectivity index (χ0n) is 11.9. The summed E-state index contributed by atoms with van der Waals surface area (Å²) in [6.45, 7) is 1.02. The van der Waals surface area contributed by atoms with E-state index in [1.807, 2.05) is 7.05 Å². The van der Waals surface area contributed by atoms with E-state index < -0.39 is 10.0 Å². The second-order valence-electron chi connectivity index (χ2n) is 5.03. The van der Waals surface area contributed by atoms with Gasteiger partial charge in [0.2, 0.25) is 10.0 Å². The molecular weight excluding hydrogens is 380 g/mol. The Morgan fingerprint density at radius 3 is 2.71 bits per heavy atom. The Hall–Kier alpha value is -0.340. The van der Waals surface area contributed by atoms with E-state index in [1.54, 1.807) is 6.07 Å². The van der Waals surface area contributed by atoms with E-state index in [0.717, 1.165) is 0 Å². The fraction of sp³-hybridized carbons (Fsp3) is 0.538. The van der Waals surface area contributed by atoms with Crippen LogP contribution in [0.15, 0.2) is 21.5 Å². The maximum Gasteiger partial charge on any atom is 0.244 e. The van der Waals surface area contributed by atoms with E-state index in [-0.39, 0.29) is 10.6 Å². The van der Waals surface area contributed by atoms with Gasteiger partial charge < -0.3 is 9.64 Å². The Bertz CT molecular complexity index is 620. The van der Waals surface area contributed by atoms with E-state index >= 15 is 0 Å². The monoisotopic (exact) mass is 396 g/mol. The average molecular weight is 398 g/mol. The number of rotatable bonds is 7. The molecule has 21 heavy (non-hydrogen) atoms. The van der Waals surface area contributed by atoms with E-state index in [1.165, 1.54) is 26.0 Å². The molecular formula is C13H18BrClN2O3S. The van der Waals surface area contributed by atoms with Gasteiger partial charge in [-0.25, -0.2) is 13.1 Å². The van der Waals surface area contributed by atoms with Crippen LogP contribution in [0.1, 0.15) is 12.8 Å². The van der Waals surface area contributed by atoms with Gasteiger partial charge in [0.25, 0.3) is 0 Å². The summed E-state index contributed by atoms with van der Waals surface area (Å²) in [5.41, 5.74) is 0. The topological polar surface area (TPSA) is 58.6 Å². The summed E-state index contributed by atoms with van der Waals surface area (Å²) in [5.74, 6) is 0.252. The lowest BCUT2D eigenvalue weighted by atomic mass is 10.3. The van der Waals surface area contributed by atoms with Crippen LogP contribution in [0.4, 0.5) is 0 Å². The summed E-state index contributed by atoms with van der Waals surface area (Å²) in [5, 5.41) is 0.332. The van der Waals surface area contributed by atoms with Gasteiger partial charge in [0.05, 0.1) is 11.6 Å². The number of ether oxygens (including phenoxy) is 1. The summed E-state index contributed by atoms with van der Waals surface area (Å²) >= 11 is 9.19. The molecule has 0 aliphatic heterocycles. The average Bonchev–Trinajstić information content (AvgIpc) is 3.21. The normalized spacial score (nSPS) is 15.5. The predicted molar refractivity (Wildman–Crippen MR) is 86.5 cm³/mol. The molecule has 0 aromatic heterocycles. The van der Waals surface area contributed by atoms with Crippen LogP contribution in [-0.4, -0.2) is 46.6 Å². The molecule has 0 bridgehead atoms. The third-order valence-electron chi connectivity index (χ3n) is 3.39. The van der Waals surface area contributed by atoms with Crippen molar-refractivity contribution in [2.45, 2.75) is 23.8 Å². The molecule has 0 spiro atoms. The molecule has 1 fully saturated rings. The third-order valence-corrected chi connectivity index (χ3v) is 5.67. The van der Waals surface area contributed by atoms with Gasteiger partial charge in [0, 0.05) is 24.2 Å². The second-order valence-corrected chi connectivity index (χ2v) is 8.05. The van der Waals surface area contributed by atoms with Gasteiger partial charge in [-0.05, 0) is 48.0 Å². The van der Waals surface area contributed by atoms with Gasteiger partial charge in [0.1, 0.15) is 4.90 Å². The maximum absolute atomic E-state index is 12.4. The standard InChI is InChI=1S/C13H18BrClN2O3S/c1-17(10-3-4-10)6-5-16-21(18,19)12-8-9(15)7-11(14)13(12)20-2/h7-8,10,16H,3-6H2,1-2H3. The minimum atomic E-state index is -3.67. The summed E-state index contributed by atoms with van der Waals surface area (Å²) in [7, 11) is -0.238. The fourth-order valence-electron chi connectivity index (χ4n) is 2.07. The summed E-state index contributed by atoms with van der Waals surface area (Å²) in [6, 6.07) is 3.59. The largest absolute Gasteiger partial charge is 0.494 e. The molecule has 5 nitrogen and oxygen atoms in total. The molecule has 0 radical (unpaired) electrons. The van der Waals surface area contributed by atoms with Crippen LogP contribution in [0, 0.1) is 0 Å². The van der Waals surface area contributed by atoms with Gasteiger partial charge in [-0.15, -0.1) is 0 Å². The molecule has 8 heteroatoms. The molecule has 1 N–H and O–H groups in total. The zero-order chi connectivity index (χ0) is 15.6. The maximum atomic E-state index is 12.4. The Balaban J connectivity index is 2.11. The zero-order valence-corrected chi connectivity index (χ0v) is 15.1.